The van der Waals surface area contributed by atoms with Crippen LogP contribution in [-0.2, 0) is 0 Å². The summed E-state index contributed by atoms with van der Waals surface area (Å²) in [5.74, 6) is 1.19. The zero-order chi connectivity index (χ0) is 14.4. The van der Waals surface area contributed by atoms with Gasteiger partial charge in [-0.1, -0.05) is 17.7 Å². The molecule has 1 rings (SSSR count). The van der Waals surface area contributed by atoms with Crippen LogP contribution in [0.4, 0.5) is 5.69 Å². The molecule has 0 amide bonds. The number of nitrogens with one attached hydrogen (secondary N) is 1. The maximum Gasteiger partial charge on any atom is 0.0474 e. The standard InChI is InChI=1S/C15H25ClN2S/c1-11(8-9-19-5)18(4)13-6-7-14(12(2)17-3)15(16)10-13/h6-7,10-12,17H,8-9H2,1-5H3. The van der Waals surface area contributed by atoms with Crippen molar-refractivity contribution in [3.05, 3.63) is 28.8 Å². The van der Waals surface area contributed by atoms with Crippen molar-refractivity contribution < 1.29 is 0 Å². The minimum absolute atomic E-state index is 0.278. The van der Waals surface area contributed by atoms with E-state index in [2.05, 4.69) is 55.6 Å². The molecule has 0 saturated heterocycles. The van der Waals surface area contributed by atoms with Crippen molar-refractivity contribution in [3.8, 4) is 0 Å². The molecule has 0 radical (unpaired) electrons. The number of benzene rings is 1. The van der Waals surface area contributed by atoms with E-state index in [1.165, 1.54) is 17.9 Å². The van der Waals surface area contributed by atoms with Crippen LogP contribution in [0.2, 0.25) is 5.02 Å². The van der Waals surface area contributed by atoms with E-state index in [4.69, 9.17) is 11.6 Å². The monoisotopic (exact) mass is 300 g/mol. The average molecular weight is 301 g/mol. The number of hydrogen-bond donors (Lipinski definition) is 1. The summed E-state index contributed by atoms with van der Waals surface area (Å²) in [6.07, 6.45) is 3.33. The molecule has 0 aromatic heterocycles. The lowest BCUT2D eigenvalue weighted by Crippen LogP contribution is -2.29. The van der Waals surface area contributed by atoms with E-state index in [1.807, 2.05) is 18.8 Å². The van der Waals surface area contributed by atoms with E-state index in [0.29, 0.717) is 6.04 Å². The minimum Gasteiger partial charge on any atom is -0.372 e. The van der Waals surface area contributed by atoms with Crippen molar-refractivity contribution in [2.75, 3.05) is 31.0 Å². The van der Waals surface area contributed by atoms with Gasteiger partial charge in [-0.2, -0.15) is 11.8 Å². The first-order valence-corrected chi connectivity index (χ1v) is 8.47. The fourth-order valence-corrected chi connectivity index (χ4v) is 2.89. The predicted octanol–water partition coefficient (Wildman–Crippen LogP) is 4.20. The third kappa shape index (κ3) is 4.59. The first-order chi connectivity index (χ1) is 9.01. The molecular formula is C15H25ClN2S. The van der Waals surface area contributed by atoms with Crippen LogP contribution < -0.4 is 10.2 Å². The molecule has 1 aromatic rings. The highest BCUT2D eigenvalue weighted by atomic mass is 35.5. The highest BCUT2D eigenvalue weighted by Gasteiger charge is 2.13. The van der Waals surface area contributed by atoms with Crippen molar-refractivity contribution >= 4 is 29.1 Å². The van der Waals surface area contributed by atoms with E-state index >= 15 is 0 Å². The van der Waals surface area contributed by atoms with Crippen molar-refractivity contribution in [2.24, 2.45) is 0 Å². The van der Waals surface area contributed by atoms with E-state index in [-0.39, 0.29) is 6.04 Å². The lowest BCUT2D eigenvalue weighted by molar-refractivity contribution is 0.650. The summed E-state index contributed by atoms with van der Waals surface area (Å²) in [7, 11) is 4.09. The van der Waals surface area contributed by atoms with Crippen LogP contribution in [0.3, 0.4) is 0 Å². The highest BCUT2D eigenvalue weighted by molar-refractivity contribution is 7.98. The molecule has 0 bridgehead atoms. The van der Waals surface area contributed by atoms with Crippen LogP contribution in [0.15, 0.2) is 18.2 Å². The van der Waals surface area contributed by atoms with E-state index < -0.39 is 0 Å². The lowest BCUT2D eigenvalue weighted by atomic mass is 10.1. The molecule has 0 aliphatic carbocycles. The second-order valence-corrected chi connectivity index (χ2v) is 6.35. The first kappa shape index (κ1) is 16.7. The zero-order valence-corrected chi connectivity index (χ0v) is 14.1. The molecule has 0 heterocycles. The minimum atomic E-state index is 0.278. The largest absolute Gasteiger partial charge is 0.372 e. The van der Waals surface area contributed by atoms with Gasteiger partial charge >= 0.3 is 0 Å². The van der Waals surface area contributed by atoms with Gasteiger partial charge in [0.1, 0.15) is 0 Å². The van der Waals surface area contributed by atoms with Crippen molar-refractivity contribution in [1.82, 2.24) is 5.32 Å². The molecule has 0 aliphatic heterocycles. The molecule has 0 aliphatic rings. The number of nitrogens with zero attached hydrogens (tertiary/aromatic N) is 1. The summed E-state index contributed by atoms with van der Waals surface area (Å²) in [6.45, 7) is 4.37. The van der Waals surface area contributed by atoms with Gasteiger partial charge < -0.3 is 10.2 Å². The lowest BCUT2D eigenvalue weighted by Gasteiger charge is -2.27. The molecule has 0 fully saturated rings. The zero-order valence-electron chi connectivity index (χ0n) is 12.5. The molecule has 4 heteroatoms. The van der Waals surface area contributed by atoms with E-state index in [1.54, 1.807) is 0 Å². The summed E-state index contributed by atoms with van der Waals surface area (Å²) in [5.41, 5.74) is 2.34. The molecule has 0 saturated carbocycles. The SMILES string of the molecule is CNC(C)c1ccc(N(C)C(C)CCSC)cc1Cl. The van der Waals surface area contributed by atoms with Crippen molar-refractivity contribution in [1.29, 1.82) is 0 Å². The molecule has 1 aromatic carbocycles. The number of halogens is 1. The number of thioether (sulfide) groups is 1. The molecule has 2 nitrogen and oxygen atoms in total. The van der Waals surface area contributed by atoms with Crippen LogP contribution in [0.25, 0.3) is 0 Å². The first-order valence-electron chi connectivity index (χ1n) is 6.69. The summed E-state index contributed by atoms with van der Waals surface area (Å²) >= 11 is 8.28. The van der Waals surface area contributed by atoms with Crippen molar-refractivity contribution in [3.63, 3.8) is 0 Å². The summed E-state index contributed by atoms with van der Waals surface area (Å²) < 4.78 is 0. The quantitative estimate of drug-likeness (QED) is 0.812. The Kier molecular flexibility index (Phi) is 7.05. The van der Waals surface area contributed by atoms with Gasteiger partial charge in [0.2, 0.25) is 0 Å². The normalized spacial score (nSPS) is 14.2. The van der Waals surface area contributed by atoms with E-state index in [9.17, 15) is 0 Å². The van der Waals surface area contributed by atoms with Gasteiger partial charge in [-0.25, -0.2) is 0 Å². The molecule has 0 spiro atoms. The second kappa shape index (κ2) is 8.03. The highest BCUT2D eigenvalue weighted by Crippen LogP contribution is 2.28. The Hall–Kier alpha value is -0.380. The average Bonchev–Trinajstić information content (AvgIpc) is 2.42. The Bertz CT molecular complexity index is 398. The number of anilines is 1. The van der Waals surface area contributed by atoms with Crippen LogP contribution in [0.1, 0.15) is 31.9 Å². The number of rotatable bonds is 7. The van der Waals surface area contributed by atoms with E-state index in [0.717, 1.165) is 10.6 Å². The number of hydrogen-bond acceptors (Lipinski definition) is 3. The fraction of sp³-hybridized carbons (Fsp3) is 0.600. The summed E-state index contributed by atoms with van der Waals surface area (Å²) in [5, 5.41) is 4.06. The Morgan fingerprint density at radius 2 is 2.05 bits per heavy atom. The van der Waals surface area contributed by atoms with Gasteiger partial charge in [-0.15, -0.1) is 0 Å². The molecule has 1 N–H and O–H groups in total. The van der Waals surface area contributed by atoms with Gasteiger partial charge in [0.25, 0.3) is 0 Å². The predicted molar refractivity (Wildman–Crippen MR) is 89.8 cm³/mol. The van der Waals surface area contributed by atoms with Gasteiger partial charge in [0.15, 0.2) is 0 Å². The molecule has 2 atom stereocenters. The van der Waals surface area contributed by atoms with Crippen LogP contribution in [-0.4, -0.2) is 32.1 Å². The van der Waals surface area contributed by atoms with Gasteiger partial charge in [-0.05, 0) is 57.0 Å². The third-order valence-corrected chi connectivity index (χ3v) is 4.66. The van der Waals surface area contributed by atoms with Gasteiger partial charge in [-0.3, -0.25) is 0 Å². The van der Waals surface area contributed by atoms with Gasteiger partial charge in [0.05, 0.1) is 0 Å². The molecule has 19 heavy (non-hydrogen) atoms. The molecule has 108 valence electrons. The topological polar surface area (TPSA) is 15.3 Å². The van der Waals surface area contributed by atoms with Crippen molar-refractivity contribution in [2.45, 2.75) is 32.4 Å². The summed E-state index contributed by atoms with van der Waals surface area (Å²) in [4.78, 5) is 2.30. The Balaban J connectivity index is 2.82. The van der Waals surface area contributed by atoms with Crippen LogP contribution in [0, 0.1) is 0 Å². The van der Waals surface area contributed by atoms with Crippen LogP contribution >= 0.6 is 23.4 Å². The fourth-order valence-electron chi connectivity index (χ4n) is 1.98. The van der Waals surface area contributed by atoms with Crippen LogP contribution in [0.5, 0.6) is 0 Å². The summed E-state index contributed by atoms with van der Waals surface area (Å²) in [6, 6.07) is 7.15. The molecule has 2 unspecified atom stereocenters. The molecular weight excluding hydrogens is 276 g/mol. The third-order valence-electron chi connectivity index (χ3n) is 3.69. The van der Waals surface area contributed by atoms with Gasteiger partial charge in [0, 0.05) is 29.8 Å². The smallest absolute Gasteiger partial charge is 0.0474 e. The Morgan fingerprint density at radius 1 is 1.37 bits per heavy atom. The second-order valence-electron chi connectivity index (χ2n) is 4.96. The Labute approximate surface area is 126 Å². The Morgan fingerprint density at radius 3 is 2.58 bits per heavy atom. The maximum atomic E-state index is 6.39. The maximum absolute atomic E-state index is 6.39.